The maximum atomic E-state index is 13.6. The molecule has 2 rings (SSSR count). The average Bonchev–Trinajstić information content (AvgIpc) is 2.32. The lowest BCUT2D eigenvalue weighted by atomic mass is 10.2. The molecule has 2 nitrogen and oxygen atoms in total. The van der Waals surface area contributed by atoms with E-state index in [1.54, 1.807) is 24.4 Å². The molecular weight excluding hydrogens is 386 g/mol. The van der Waals surface area contributed by atoms with Crippen molar-refractivity contribution in [2.75, 3.05) is 5.32 Å². The van der Waals surface area contributed by atoms with Gasteiger partial charge in [-0.25, -0.2) is 9.37 Å². The molecule has 6 heteroatoms. The molecule has 1 heterocycles. The summed E-state index contributed by atoms with van der Waals surface area (Å²) < 4.78 is 15.1. The van der Waals surface area contributed by atoms with E-state index in [1.165, 1.54) is 6.07 Å². The van der Waals surface area contributed by atoms with Crippen LogP contribution in [0.3, 0.4) is 0 Å². The molecule has 1 aromatic carbocycles. The highest BCUT2D eigenvalue weighted by molar-refractivity contribution is 9.10. The lowest BCUT2D eigenvalue weighted by Crippen LogP contribution is -2.02. The minimum absolute atomic E-state index is 0.268. The zero-order valence-corrected chi connectivity index (χ0v) is 13.0. The highest BCUT2D eigenvalue weighted by atomic mass is 79.9. The Kier molecular flexibility index (Phi) is 4.59. The van der Waals surface area contributed by atoms with E-state index in [0.717, 1.165) is 4.47 Å². The Labute approximate surface area is 126 Å². The van der Waals surface area contributed by atoms with Gasteiger partial charge in [0.1, 0.15) is 5.82 Å². The van der Waals surface area contributed by atoms with E-state index in [4.69, 9.17) is 11.6 Å². The van der Waals surface area contributed by atoms with Gasteiger partial charge in [0.25, 0.3) is 0 Å². The summed E-state index contributed by atoms with van der Waals surface area (Å²) in [5, 5.41) is 3.41. The molecule has 0 saturated carbocycles. The quantitative estimate of drug-likeness (QED) is 0.740. The maximum absolute atomic E-state index is 13.6. The van der Waals surface area contributed by atoms with Crippen LogP contribution >= 0.6 is 43.5 Å². The van der Waals surface area contributed by atoms with Crippen LogP contribution in [0.15, 0.2) is 39.4 Å². The van der Waals surface area contributed by atoms with Gasteiger partial charge in [-0.05, 0) is 34.1 Å². The molecule has 0 aliphatic carbocycles. The van der Waals surface area contributed by atoms with Gasteiger partial charge in [-0.2, -0.15) is 0 Å². The van der Waals surface area contributed by atoms with Gasteiger partial charge in [0.2, 0.25) is 0 Å². The number of pyridine rings is 1. The third-order valence-electron chi connectivity index (χ3n) is 2.29. The Morgan fingerprint density at radius 3 is 2.72 bits per heavy atom. The number of halogens is 4. The summed E-state index contributed by atoms with van der Waals surface area (Å²) in [5.41, 5.74) is 1.22. The second-order valence-electron chi connectivity index (χ2n) is 3.58. The van der Waals surface area contributed by atoms with E-state index >= 15 is 0 Å². The largest absolute Gasteiger partial charge is 0.378 e. The van der Waals surface area contributed by atoms with Crippen LogP contribution in [-0.2, 0) is 6.54 Å². The van der Waals surface area contributed by atoms with Gasteiger partial charge in [0.15, 0.2) is 5.15 Å². The first-order chi connectivity index (χ1) is 8.56. The van der Waals surface area contributed by atoms with Gasteiger partial charge in [-0.15, -0.1) is 0 Å². The maximum Gasteiger partial charge on any atom is 0.152 e. The number of nitrogens with one attached hydrogen (secondary N) is 1. The van der Waals surface area contributed by atoms with Gasteiger partial charge in [0.05, 0.1) is 5.69 Å². The van der Waals surface area contributed by atoms with Gasteiger partial charge < -0.3 is 5.32 Å². The number of nitrogens with zero attached hydrogens (tertiary/aromatic N) is 1. The SMILES string of the molecule is Fc1cc(Br)ccc1CNc1cc(Br)cnc1Cl. The molecule has 0 amide bonds. The second-order valence-corrected chi connectivity index (χ2v) is 5.77. The van der Waals surface area contributed by atoms with E-state index in [2.05, 4.69) is 42.2 Å². The zero-order valence-electron chi connectivity index (χ0n) is 9.05. The Balaban J connectivity index is 2.13. The number of aromatic nitrogens is 1. The molecule has 2 aromatic rings. The predicted molar refractivity (Wildman–Crippen MR) is 78.4 cm³/mol. The number of hydrogen-bond donors (Lipinski definition) is 1. The van der Waals surface area contributed by atoms with E-state index in [0.29, 0.717) is 27.4 Å². The van der Waals surface area contributed by atoms with Crippen molar-refractivity contribution in [3.8, 4) is 0 Å². The van der Waals surface area contributed by atoms with Crippen molar-refractivity contribution in [1.29, 1.82) is 0 Å². The van der Waals surface area contributed by atoms with Crippen molar-refractivity contribution >= 4 is 49.1 Å². The van der Waals surface area contributed by atoms with Crippen LogP contribution in [0.5, 0.6) is 0 Å². The summed E-state index contributed by atoms with van der Waals surface area (Å²) in [7, 11) is 0. The van der Waals surface area contributed by atoms with E-state index in [-0.39, 0.29) is 5.82 Å². The van der Waals surface area contributed by atoms with Gasteiger partial charge in [-0.3, -0.25) is 0 Å². The Hall–Kier alpha value is -0.650. The first-order valence-corrected chi connectivity index (χ1v) is 7.01. The molecule has 0 bridgehead atoms. The summed E-state index contributed by atoms with van der Waals surface area (Å²) in [5.74, 6) is -0.268. The fraction of sp³-hybridized carbons (Fsp3) is 0.0833. The van der Waals surface area contributed by atoms with Crippen LogP contribution in [-0.4, -0.2) is 4.98 Å². The number of rotatable bonds is 3. The summed E-state index contributed by atoms with van der Waals surface area (Å²) in [6, 6.07) is 6.73. The number of benzene rings is 1. The van der Waals surface area contributed by atoms with Crippen LogP contribution in [0.25, 0.3) is 0 Å². The van der Waals surface area contributed by atoms with Crippen LogP contribution in [0, 0.1) is 5.82 Å². The van der Waals surface area contributed by atoms with E-state index < -0.39 is 0 Å². The summed E-state index contributed by atoms with van der Waals surface area (Å²) in [6.45, 7) is 0.344. The molecule has 1 N–H and O–H groups in total. The van der Waals surface area contributed by atoms with Crippen molar-refractivity contribution in [2.45, 2.75) is 6.54 Å². The molecular formula is C12H8Br2ClFN2. The fourth-order valence-electron chi connectivity index (χ4n) is 1.40. The Morgan fingerprint density at radius 2 is 2.00 bits per heavy atom. The van der Waals surface area contributed by atoms with Crippen molar-refractivity contribution in [2.24, 2.45) is 0 Å². The normalized spacial score (nSPS) is 10.4. The van der Waals surface area contributed by atoms with Crippen LogP contribution in [0.1, 0.15) is 5.56 Å². The molecule has 0 radical (unpaired) electrons. The smallest absolute Gasteiger partial charge is 0.152 e. The monoisotopic (exact) mass is 392 g/mol. The minimum atomic E-state index is -0.268. The first-order valence-electron chi connectivity index (χ1n) is 5.05. The van der Waals surface area contributed by atoms with E-state index in [1.807, 2.05) is 0 Å². The highest BCUT2D eigenvalue weighted by Gasteiger charge is 2.05. The van der Waals surface area contributed by atoms with Crippen molar-refractivity contribution < 1.29 is 4.39 Å². The standard InChI is InChI=1S/C12H8Br2ClFN2/c13-8-2-1-7(10(16)3-8)5-17-11-4-9(14)6-18-12(11)15/h1-4,6,17H,5H2. The molecule has 1 aromatic heterocycles. The molecule has 0 spiro atoms. The Bertz CT molecular complexity index is 578. The summed E-state index contributed by atoms with van der Waals surface area (Å²) in [4.78, 5) is 3.98. The molecule has 0 unspecified atom stereocenters. The van der Waals surface area contributed by atoms with Gasteiger partial charge in [0, 0.05) is 27.3 Å². The van der Waals surface area contributed by atoms with Crippen molar-refractivity contribution in [1.82, 2.24) is 4.98 Å². The fourth-order valence-corrected chi connectivity index (χ4v) is 2.24. The number of hydrogen-bond acceptors (Lipinski definition) is 2. The summed E-state index contributed by atoms with van der Waals surface area (Å²) >= 11 is 12.5. The zero-order chi connectivity index (χ0) is 13.1. The highest BCUT2D eigenvalue weighted by Crippen LogP contribution is 2.24. The van der Waals surface area contributed by atoms with Crippen molar-refractivity contribution in [3.63, 3.8) is 0 Å². The average molecular weight is 394 g/mol. The molecule has 0 atom stereocenters. The summed E-state index contributed by atoms with van der Waals surface area (Å²) in [6.07, 6.45) is 1.60. The van der Waals surface area contributed by atoms with Gasteiger partial charge >= 0.3 is 0 Å². The number of anilines is 1. The minimum Gasteiger partial charge on any atom is -0.378 e. The molecule has 18 heavy (non-hydrogen) atoms. The van der Waals surface area contributed by atoms with Crippen LogP contribution in [0.2, 0.25) is 5.15 Å². The topological polar surface area (TPSA) is 24.9 Å². The molecule has 0 fully saturated rings. The lowest BCUT2D eigenvalue weighted by Gasteiger charge is -2.09. The Morgan fingerprint density at radius 1 is 1.22 bits per heavy atom. The van der Waals surface area contributed by atoms with Gasteiger partial charge in [-0.1, -0.05) is 33.6 Å². The third kappa shape index (κ3) is 3.43. The second kappa shape index (κ2) is 5.99. The van der Waals surface area contributed by atoms with Crippen LogP contribution in [0.4, 0.5) is 10.1 Å². The molecule has 0 aliphatic heterocycles. The van der Waals surface area contributed by atoms with Crippen molar-refractivity contribution in [3.05, 3.63) is 55.9 Å². The van der Waals surface area contributed by atoms with E-state index in [9.17, 15) is 4.39 Å². The predicted octanol–water partition coefficient (Wildman–Crippen LogP) is 5.01. The molecule has 0 aliphatic rings. The first kappa shape index (κ1) is 13.8. The molecule has 0 saturated heterocycles. The third-order valence-corrected chi connectivity index (χ3v) is 3.52. The lowest BCUT2D eigenvalue weighted by molar-refractivity contribution is 0.612. The van der Waals surface area contributed by atoms with Crippen LogP contribution < -0.4 is 5.32 Å². The molecule has 94 valence electrons.